The zero-order valence-corrected chi connectivity index (χ0v) is 12.5. The summed E-state index contributed by atoms with van der Waals surface area (Å²) in [5.74, 6) is 0.817. The van der Waals surface area contributed by atoms with E-state index in [1.165, 1.54) is 0 Å². The normalized spacial score (nSPS) is 34.1. The molecule has 0 bridgehead atoms. The lowest BCUT2D eigenvalue weighted by molar-refractivity contribution is -0.127. The first-order chi connectivity index (χ1) is 9.71. The molecule has 4 unspecified atom stereocenters. The van der Waals surface area contributed by atoms with Gasteiger partial charge in [-0.05, 0) is 6.08 Å². The third kappa shape index (κ3) is 4.98. The molecular formula is C13H18Cl2O5. The van der Waals surface area contributed by atoms with Crippen molar-refractivity contribution in [3.8, 4) is 0 Å². The highest BCUT2D eigenvalue weighted by Gasteiger charge is 2.27. The minimum Gasteiger partial charge on any atom is -0.349 e. The average Bonchev–Trinajstić information content (AvgIpc) is 3.07. The molecule has 0 amide bonds. The summed E-state index contributed by atoms with van der Waals surface area (Å²) in [5, 5.41) is 0. The van der Waals surface area contributed by atoms with Gasteiger partial charge in [-0.3, -0.25) is 4.79 Å². The SMILES string of the molecule is O=C(CC=CC1OCC(CCl)O1)CC1OCC(CCl)O1. The van der Waals surface area contributed by atoms with E-state index >= 15 is 0 Å². The van der Waals surface area contributed by atoms with E-state index in [2.05, 4.69) is 0 Å². The van der Waals surface area contributed by atoms with Crippen molar-refractivity contribution < 1.29 is 23.7 Å². The monoisotopic (exact) mass is 324 g/mol. The lowest BCUT2D eigenvalue weighted by atomic mass is 10.2. The maximum Gasteiger partial charge on any atom is 0.177 e. The number of carbonyl (C=O) groups is 1. The van der Waals surface area contributed by atoms with Crippen LogP contribution in [0.1, 0.15) is 12.8 Å². The van der Waals surface area contributed by atoms with Crippen molar-refractivity contribution in [2.75, 3.05) is 25.0 Å². The van der Waals surface area contributed by atoms with Crippen molar-refractivity contribution in [3.05, 3.63) is 12.2 Å². The van der Waals surface area contributed by atoms with E-state index in [0.717, 1.165) is 0 Å². The number of ketones is 1. The van der Waals surface area contributed by atoms with Crippen molar-refractivity contribution >= 4 is 29.0 Å². The molecule has 0 aliphatic carbocycles. The standard InChI is InChI=1S/C13H18Cl2O5/c14-5-10-7-17-12(19-10)3-1-2-9(16)4-13-18-8-11(6-15)20-13/h1,3,10-13H,2,4-8H2. The Morgan fingerprint density at radius 3 is 2.45 bits per heavy atom. The van der Waals surface area contributed by atoms with Crippen LogP contribution in [0.25, 0.3) is 0 Å². The molecule has 0 N–H and O–H groups in total. The van der Waals surface area contributed by atoms with Gasteiger partial charge in [0.2, 0.25) is 0 Å². The van der Waals surface area contributed by atoms with Crippen LogP contribution in [0, 0.1) is 0 Å². The van der Waals surface area contributed by atoms with Gasteiger partial charge in [-0.15, -0.1) is 23.2 Å². The molecule has 4 atom stereocenters. The molecule has 0 aromatic heterocycles. The van der Waals surface area contributed by atoms with Crippen molar-refractivity contribution in [1.82, 2.24) is 0 Å². The number of alkyl halides is 2. The first kappa shape index (κ1) is 16.2. The van der Waals surface area contributed by atoms with Crippen LogP contribution in [0.3, 0.4) is 0 Å². The summed E-state index contributed by atoms with van der Waals surface area (Å²) in [4.78, 5) is 11.7. The third-order valence-electron chi connectivity index (χ3n) is 2.96. The topological polar surface area (TPSA) is 54.0 Å². The van der Waals surface area contributed by atoms with Crippen molar-refractivity contribution in [2.24, 2.45) is 0 Å². The predicted molar refractivity (Wildman–Crippen MR) is 74.0 cm³/mol. The minimum atomic E-state index is -0.473. The van der Waals surface area contributed by atoms with Crippen molar-refractivity contribution in [1.29, 1.82) is 0 Å². The molecule has 0 saturated carbocycles. The molecule has 2 rings (SSSR count). The third-order valence-corrected chi connectivity index (χ3v) is 3.65. The van der Waals surface area contributed by atoms with E-state index in [1.54, 1.807) is 12.2 Å². The summed E-state index contributed by atoms with van der Waals surface area (Å²) < 4.78 is 21.5. The summed E-state index contributed by atoms with van der Waals surface area (Å²) >= 11 is 11.3. The van der Waals surface area contributed by atoms with Crippen LogP contribution < -0.4 is 0 Å². The molecule has 2 heterocycles. The lowest BCUT2D eigenvalue weighted by Gasteiger charge is -2.08. The van der Waals surface area contributed by atoms with Gasteiger partial charge in [0.05, 0.1) is 43.6 Å². The fourth-order valence-corrected chi connectivity index (χ4v) is 2.25. The van der Waals surface area contributed by atoms with Crippen LogP contribution in [0.2, 0.25) is 0 Å². The molecule has 0 spiro atoms. The Bertz CT molecular complexity index is 350. The van der Waals surface area contributed by atoms with E-state index in [9.17, 15) is 4.79 Å². The maximum atomic E-state index is 11.7. The second kappa shape index (κ2) is 8.32. The van der Waals surface area contributed by atoms with E-state index in [4.69, 9.17) is 42.1 Å². The molecule has 2 saturated heterocycles. The van der Waals surface area contributed by atoms with Crippen LogP contribution in [0.4, 0.5) is 0 Å². The number of rotatable bonds is 7. The fourth-order valence-electron chi connectivity index (χ4n) is 1.93. The van der Waals surface area contributed by atoms with E-state index in [0.29, 0.717) is 31.4 Å². The highest BCUT2D eigenvalue weighted by molar-refractivity contribution is 6.18. The maximum absolute atomic E-state index is 11.7. The summed E-state index contributed by atoms with van der Waals surface area (Å²) in [6.45, 7) is 0.927. The fraction of sp³-hybridized carbons (Fsp3) is 0.769. The zero-order valence-electron chi connectivity index (χ0n) is 11.0. The van der Waals surface area contributed by atoms with Crippen LogP contribution in [0.15, 0.2) is 12.2 Å². The number of halogens is 2. The average molecular weight is 325 g/mol. The summed E-state index contributed by atoms with van der Waals surface area (Å²) in [7, 11) is 0. The molecular weight excluding hydrogens is 307 g/mol. The first-order valence-electron chi connectivity index (χ1n) is 6.55. The van der Waals surface area contributed by atoms with Crippen LogP contribution in [0.5, 0.6) is 0 Å². The highest BCUT2D eigenvalue weighted by Crippen LogP contribution is 2.17. The minimum absolute atomic E-state index is 0.0355. The molecule has 7 heteroatoms. The van der Waals surface area contributed by atoms with Crippen LogP contribution in [-0.4, -0.2) is 55.5 Å². The number of hydrogen-bond acceptors (Lipinski definition) is 5. The van der Waals surface area contributed by atoms with Crippen molar-refractivity contribution in [3.63, 3.8) is 0 Å². The number of allylic oxidation sites excluding steroid dienone is 1. The summed E-state index contributed by atoms with van der Waals surface area (Å²) in [6.07, 6.45) is 2.91. The number of Topliss-reactive ketones (excluding diaryl/α,β-unsaturated/α-hetero) is 1. The van der Waals surface area contributed by atoms with Gasteiger partial charge in [-0.2, -0.15) is 0 Å². The number of carbonyl (C=O) groups excluding carboxylic acids is 1. The Morgan fingerprint density at radius 2 is 1.80 bits per heavy atom. The first-order valence-corrected chi connectivity index (χ1v) is 7.62. The molecule has 114 valence electrons. The largest absolute Gasteiger partial charge is 0.349 e. The quantitative estimate of drug-likeness (QED) is 0.528. The Labute approximate surface area is 128 Å². The molecule has 5 nitrogen and oxygen atoms in total. The lowest BCUT2D eigenvalue weighted by Crippen LogP contribution is -2.16. The van der Waals surface area contributed by atoms with Gasteiger partial charge in [-0.25, -0.2) is 0 Å². The summed E-state index contributed by atoms with van der Waals surface area (Å²) in [5.41, 5.74) is 0. The Morgan fingerprint density at radius 1 is 1.10 bits per heavy atom. The molecule has 2 aliphatic heterocycles. The molecule has 20 heavy (non-hydrogen) atoms. The number of hydrogen-bond donors (Lipinski definition) is 0. The van der Waals surface area contributed by atoms with Crippen LogP contribution in [-0.2, 0) is 23.7 Å². The second-order valence-corrected chi connectivity index (χ2v) is 5.28. The van der Waals surface area contributed by atoms with Gasteiger partial charge in [-0.1, -0.05) is 6.08 Å². The Kier molecular flexibility index (Phi) is 6.74. The Balaban J connectivity index is 1.63. The zero-order chi connectivity index (χ0) is 14.4. The predicted octanol–water partition coefficient (Wildman–Crippen LogP) is 1.85. The highest BCUT2D eigenvalue weighted by atomic mass is 35.5. The second-order valence-electron chi connectivity index (χ2n) is 4.66. The van der Waals surface area contributed by atoms with Gasteiger partial charge in [0.15, 0.2) is 12.6 Å². The number of ether oxygens (including phenoxy) is 4. The molecule has 0 radical (unpaired) electrons. The molecule has 0 aromatic carbocycles. The molecule has 2 fully saturated rings. The van der Waals surface area contributed by atoms with E-state index in [1.807, 2.05) is 0 Å². The van der Waals surface area contributed by atoms with Gasteiger partial charge in [0.1, 0.15) is 5.78 Å². The van der Waals surface area contributed by atoms with Gasteiger partial charge in [0, 0.05) is 6.42 Å². The van der Waals surface area contributed by atoms with Crippen LogP contribution >= 0.6 is 23.2 Å². The molecule has 2 aliphatic rings. The summed E-state index contributed by atoms with van der Waals surface area (Å²) in [6, 6.07) is 0. The van der Waals surface area contributed by atoms with Gasteiger partial charge < -0.3 is 18.9 Å². The van der Waals surface area contributed by atoms with Gasteiger partial charge >= 0.3 is 0 Å². The Hall–Kier alpha value is -0.170. The smallest absolute Gasteiger partial charge is 0.177 e. The van der Waals surface area contributed by atoms with E-state index < -0.39 is 12.6 Å². The van der Waals surface area contributed by atoms with Gasteiger partial charge in [0.25, 0.3) is 0 Å². The van der Waals surface area contributed by atoms with Crippen molar-refractivity contribution in [2.45, 2.75) is 37.6 Å². The van der Waals surface area contributed by atoms with E-state index in [-0.39, 0.29) is 24.4 Å². The molecule has 0 aromatic rings.